The van der Waals surface area contributed by atoms with Crippen LogP contribution in [0.25, 0.3) is 0 Å². The van der Waals surface area contributed by atoms with E-state index in [2.05, 4.69) is 20.9 Å². The predicted molar refractivity (Wildman–Crippen MR) is 82.2 cm³/mol. The lowest BCUT2D eigenvalue weighted by Crippen LogP contribution is -2.48. The van der Waals surface area contributed by atoms with E-state index in [4.69, 9.17) is 13.3 Å². The zero-order valence-corrected chi connectivity index (χ0v) is 14.8. The van der Waals surface area contributed by atoms with Crippen LogP contribution in [0.15, 0.2) is 0 Å². The molecule has 0 aliphatic carbocycles. The maximum Gasteiger partial charge on any atom is 0.501 e. The van der Waals surface area contributed by atoms with E-state index in [1.807, 2.05) is 20.8 Å². The molecule has 0 aliphatic heterocycles. The Kier molecular flexibility index (Phi) is 9.91. The summed E-state index contributed by atoms with van der Waals surface area (Å²) < 4.78 is 18.7. The Balaban J connectivity index is 4.46. The first-order valence-electron chi connectivity index (χ1n) is 7.76. The summed E-state index contributed by atoms with van der Waals surface area (Å²) in [6.45, 7) is 16.0. The van der Waals surface area contributed by atoms with Crippen LogP contribution in [0.5, 0.6) is 0 Å². The fourth-order valence-electron chi connectivity index (χ4n) is 2.22. The van der Waals surface area contributed by atoms with Crippen LogP contribution in [-0.4, -0.2) is 59.8 Å². The highest BCUT2D eigenvalue weighted by molar-refractivity contribution is 6.60. The molecule has 0 bridgehead atoms. The Hall–Kier alpha value is 0.0569. The molecule has 0 saturated heterocycles. The van der Waals surface area contributed by atoms with E-state index < -0.39 is 8.80 Å². The first-order valence-corrected chi connectivity index (χ1v) is 9.70. The minimum atomic E-state index is -2.43. The van der Waals surface area contributed by atoms with Gasteiger partial charge in [0.2, 0.25) is 0 Å². The van der Waals surface area contributed by atoms with Gasteiger partial charge in [-0.2, -0.15) is 0 Å². The SMILES string of the molecule is CCO[Si](CCC[N+](C)(CC)CC)(OCC)OCC. The van der Waals surface area contributed by atoms with Crippen LogP contribution in [0.3, 0.4) is 0 Å². The molecule has 4 nitrogen and oxygen atoms in total. The van der Waals surface area contributed by atoms with Gasteiger partial charge in [0.25, 0.3) is 0 Å². The summed E-state index contributed by atoms with van der Waals surface area (Å²) in [6.07, 6.45) is 1.10. The van der Waals surface area contributed by atoms with Crippen molar-refractivity contribution >= 4 is 8.80 Å². The Morgan fingerprint density at radius 1 is 0.789 bits per heavy atom. The van der Waals surface area contributed by atoms with Gasteiger partial charge in [-0.05, 0) is 34.6 Å². The van der Waals surface area contributed by atoms with Gasteiger partial charge in [0.15, 0.2) is 0 Å². The first-order chi connectivity index (χ1) is 9.01. The quantitative estimate of drug-likeness (QED) is 0.409. The monoisotopic (exact) mass is 292 g/mol. The highest BCUT2D eigenvalue weighted by atomic mass is 28.4. The van der Waals surface area contributed by atoms with Crippen LogP contribution in [0.2, 0.25) is 6.04 Å². The van der Waals surface area contributed by atoms with Crippen molar-refractivity contribution in [1.82, 2.24) is 0 Å². The average Bonchev–Trinajstić information content (AvgIpc) is 2.39. The van der Waals surface area contributed by atoms with E-state index in [1.54, 1.807) is 0 Å². The number of quaternary nitrogens is 1. The largest absolute Gasteiger partial charge is 0.501 e. The van der Waals surface area contributed by atoms with Crippen molar-refractivity contribution in [2.24, 2.45) is 0 Å². The van der Waals surface area contributed by atoms with Crippen molar-refractivity contribution in [2.75, 3.05) is 46.5 Å². The molecule has 116 valence electrons. The molecule has 0 amide bonds. The maximum absolute atomic E-state index is 5.88. The molecule has 0 spiro atoms. The number of rotatable bonds is 12. The fraction of sp³-hybridized carbons (Fsp3) is 1.00. The maximum atomic E-state index is 5.88. The molecule has 19 heavy (non-hydrogen) atoms. The third-order valence-electron chi connectivity index (χ3n) is 3.80. The number of hydrogen-bond acceptors (Lipinski definition) is 3. The van der Waals surface area contributed by atoms with Crippen LogP contribution in [0, 0.1) is 0 Å². The van der Waals surface area contributed by atoms with Crippen molar-refractivity contribution in [1.29, 1.82) is 0 Å². The molecule has 0 unspecified atom stereocenters. The van der Waals surface area contributed by atoms with Crippen molar-refractivity contribution in [3.8, 4) is 0 Å². The Bertz CT molecular complexity index is 206. The highest BCUT2D eigenvalue weighted by Crippen LogP contribution is 2.19. The summed E-state index contributed by atoms with van der Waals surface area (Å²) in [5.74, 6) is 0. The highest BCUT2D eigenvalue weighted by Gasteiger charge is 2.40. The zero-order chi connectivity index (χ0) is 14.8. The van der Waals surface area contributed by atoms with Crippen LogP contribution in [0.4, 0.5) is 0 Å². The van der Waals surface area contributed by atoms with Crippen LogP contribution in [-0.2, 0) is 13.3 Å². The third kappa shape index (κ3) is 6.86. The molecule has 0 heterocycles. The molecule has 0 saturated carbocycles. The van der Waals surface area contributed by atoms with Gasteiger partial charge in [-0.25, -0.2) is 0 Å². The van der Waals surface area contributed by atoms with Gasteiger partial charge in [0.05, 0.1) is 26.7 Å². The third-order valence-corrected chi connectivity index (χ3v) is 6.95. The van der Waals surface area contributed by atoms with E-state index in [1.165, 1.54) is 13.1 Å². The van der Waals surface area contributed by atoms with Crippen LogP contribution >= 0.6 is 0 Å². The molecular formula is C14H34NO3Si+. The molecule has 0 rings (SSSR count). The molecule has 0 aromatic carbocycles. The Morgan fingerprint density at radius 3 is 1.53 bits per heavy atom. The van der Waals surface area contributed by atoms with Gasteiger partial charge >= 0.3 is 8.80 Å². The lowest BCUT2D eigenvalue weighted by molar-refractivity contribution is -0.906. The Labute approximate surface area is 121 Å². The van der Waals surface area contributed by atoms with Crippen molar-refractivity contribution in [2.45, 2.75) is 47.1 Å². The lowest BCUT2D eigenvalue weighted by atomic mass is 10.3. The van der Waals surface area contributed by atoms with E-state index in [9.17, 15) is 0 Å². The second-order valence-corrected chi connectivity index (χ2v) is 7.79. The average molecular weight is 293 g/mol. The topological polar surface area (TPSA) is 27.7 Å². The summed E-state index contributed by atoms with van der Waals surface area (Å²) in [5.41, 5.74) is 0. The van der Waals surface area contributed by atoms with Crippen molar-refractivity contribution < 1.29 is 17.8 Å². The van der Waals surface area contributed by atoms with E-state index >= 15 is 0 Å². The minimum absolute atomic E-state index is 0.667. The number of nitrogens with zero attached hydrogens (tertiary/aromatic N) is 1. The van der Waals surface area contributed by atoms with Gasteiger partial charge in [0, 0.05) is 32.3 Å². The number of hydrogen-bond donors (Lipinski definition) is 0. The molecule has 0 fully saturated rings. The van der Waals surface area contributed by atoms with Crippen LogP contribution in [0.1, 0.15) is 41.0 Å². The molecule has 0 aromatic heterocycles. The summed E-state index contributed by atoms with van der Waals surface area (Å²) in [6, 6.07) is 0.927. The molecule has 0 radical (unpaired) electrons. The molecule has 0 atom stereocenters. The first kappa shape index (κ1) is 19.1. The fourth-order valence-corrected chi connectivity index (χ4v) is 4.81. The minimum Gasteiger partial charge on any atom is -0.374 e. The zero-order valence-electron chi connectivity index (χ0n) is 13.8. The second-order valence-electron chi connectivity index (χ2n) is 5.06. The summed E-state index contributed by atoms with van der Waals surface area (Å²) >= 11 is 0. The smallest absolute Gasteiger partial charge is 0.374 e. The van der Waals surface area contributed by atoms with Gasteiger partial charge in [0.1, 0.15) is 0 Å². The lowest BCUT2D eigenvalue weighted by Gasteiger charge is -2.34. The second kappa shape index (κ2) is 9.88. The van der Waals surface area contributed by atoms with Gasteiger partial charge in [-0.15, -0.1) is 0 Å². The molecule has 0 aliphatic rings. The molecule has 0 aromatic rings. The van der Waals surface area contributed by atoms with E-state index in [0.29, 0.717) is 19.8 Å². The van der Waals surface area contributed by atoms with Gasteiger partial charge in [-0.1, -0.05) is 0 Å². The molecule has 0 N–H and O–H groups in total. The standard InChI is InChI=1S/C14H34NO3Si/c1-7-15(6,8-2)13-12-14-19(16-9-3,17-10-4)18-11-5/h7-14H2,1-6H3/q+1. The molecular weight excluding hydrogens is 258 g/mol. The normalized spacial score (nSPS) is 12.9. The van der Waals surface area contributed by atoms with E-state index in [0.717, 1.165) is 23.5 Å². The van der Waals surface area contributed by atoms with Gasteiger partial charge in [-0.3, -0.25) is 0 Å². The Morgan fingerprint density at radius 2 is 1.21 bits per heavy atom. The summed E-state index contributed by atoms with van der Waals surface area (Å²) in [4.78, 5) is 0. The van der Waals surface area contributed by atoms with Gasteiger partial charge < -0.3 is 17.8 Å². The van der Waals surface area contributed by atoms with E-state index in [-0.39, 0.29) is 0 Å². The van der Waals surface area contributed by atoms with Crippen LogP contribution < -0.4 is 0 Å². The summed E-state index contributed by atoms with van der Waals surface area (Å²) in [5, 5.41) is 0. The molecule has 5 heteroatoms. The predicted octanol–water partition coefficient (Wildman–Crippen LogP) is 2.91. The summed E-state index contributed by atoms with van der Waals surface area (Å²) in [7, 11) is -0.120. The van der Waals surface area contributed by atoms with Crippen molar-refractivity contribution in [3.05, 3.63) is 0 Å². The van der Waals surface area contributed by atoms with Crippen molar-refractivity contribution in [3.63, 3.8) is 0 Å².